The molecule has 2 aromatic heterocycles. The summed E-state index contributed by atoms with van der Waals surface area (Å²) in [7, 11) is 2.13. The molecule has 1 fully saturated rings. The predicted molar refractivity (Wildman–Crippen MR) is 104 cm³/mol. The zero-order chi connectivity index (χ0) is 18.6. The Bertz CT molecular complexity index is 858. The standard InChI is InChI=1S/C21H24FN5/c1-25(18-6-11-26(12-7-18)19-4-8-23-9-5-19)15-17-2-3-21(20(22)14-17)27-13-10-24-16-27/h2-5,8-10,13-14,16,18H,6-7,11-12,15H2,1H3. The summed E-state index contributed by atoms with van der Waals surface area (Å²) in [6.07, 6.45) is 10.9. The number of halogens is 1. The van der Waals surface area contributed by atoms with Gasteiger partial charge in [-0.05, 0) is 49.7 Å². The van der Waals surface area contributed by atoms with Crippen molar-refractivity contribution in [2.75, 3.05) is 25.0 Å². The molecule has 3 aromatic rings. The monoisotopic (exact) mass is 365 g/mol. The molecule has 6 heteroatoms. The summed E-state index contributed by atoms with van der Waals surface area (Å²) in [6.45, 7) is 2.82. The largest absolute Gasteiger partial charge is 0.371 e. The summed E-state index contributed by atoms with van der Waals surface area (Å²) < 4.78 is 16.2. The van der Waals surface area contributed by atoms with Gasteiger partial charge in [-0.25, -0.2) is 9.37 Å². The molecule has 0 radical (unpaired) electrons. The van der Waals surface area contributed by atoms with Crippen molar-refractivity contribution in [1.29, 1.82) is 0 Å². The zero-order valence-corrected chi connectivity index (χ0v) is 15.5. The molecule has 1 aromatic carbocycles. The third-order valence-electron chi connectivity index (χ3n) is 5.34. The zero-order valence-electron chi connectivity index (χ0n) is 15.5. The minimum atomic E-state index is -0.216. The number of aromatic nitrogens is 3. The van der Waals surface area contributed by atoms with Gasteiger partial charge < -0.3 is 9.47 Å². The minimum Gasteiger partial charge on any atom is -0.371 e. The number of piperidine rings is 1. The lowest BCUT2D eigenvalue weighted by Crippen LogP contribution is -2.43. The Morgan fingerprint density at radius 2 is 1.85 bits per heavy atom. The van der Waals surface area contributed by atoms with Crippen molar-refractivity contribution in [2.24, 2.45) is 0 Å². The first-order valence-electron chi connectivity index (χ1n) is 9.32. The summed E-state index contributed by atoms with van der Waals surface area (Å²) in [4.78, 5) is 12.8. The van der Waals surface area contributed by atoms with Crippen LogP contribution in [0.2, 0.25) is 0 Å². The first kappa shape index (κ1) is 17.7. The van der Waals surface area contributed by atoms with Gasteiger partial charge in [-0.1, -0.05) is 6.07 Å². The molecule has 0 N–H and O–H groups in total. The van der Waals surface area contributed by atoms with E-state index in [1.807, 2.05) is 24.5 Å². The van der Waals surface area contributed by atoms with Crippen molar-refractivity contribution in [1.82, 2.24) is 19.4 Å². The summed E-state index contributed by atoms with van der Waals surface area (Å²) >= 11 is 0. The van der Waals surface area contributed by atoms with E-state index in [1.165, 1.54) is 5.69 Å². The lowest BCUT2D eigenvalue weighted by atomic mass is 10.0. The van der Waals surface area contributed by atoms with E-state index < -0.39 is 0 Å². The third-order valence-corrected chi connectivity index (χ3v) is 5.34. The molecule has 1 aliphatic heterocycles. The highest BCUT2D eigenvalue weighted by Crippen LogP contribution is 2.23. The van der Waals surface area contributed by atoms with Crippen LogP contribution in [0.15, 0.2) is 61.4 Å². The van der Waals surface area contributed by atoms with Crippen molar-refractivity contribution in [3.8, 4) is 5.69 Å². The number of imidazole rings is 1. The number of hydrogen-bond donors (Lipinski definition) is 0. The maximum absolute atomic E-state index is 14.5. The van der Waals surface area contributed by atoms with Gasteiger partial charge in [0.15, 0.2) is 0 Å². The van der Waals surface area contributed by atoms with Gasteiger partial charge in [-0.15, -0.1) is 0 Å². The van der Waals surface area contributed by atoms with Crippen molar-refractivity contribution in [3.63, 3.8) is 0 Å². The summed E-state index contributed by atoms with van der Waals surface area (Å²) in [5.74, 6) is -0.216. The molecule has 0 atom stereocenters. The normalized spacial score (nSPS) is 15.4. The van der Waals surface area contributed by atoms with Gasteiger partial charge in [-0.3, -0.25) is 9.88 Å². The number of rotatable bonds is 5. The third kappa shape index (κ3) is 4.01. The highest BCUT2D eigenvalue weighted by atomic mass is 19.1. The Hall–Kier alpha value is -2.73. The van der Waals surface area contributed by atoms with Crippen molar-refractivity contribution < 1.29 is 4.39 Å². The van der Waals surface area contributed by atoms with Gasteiger partial charge in [0.2, 0.25) is 0 Å². The fourth-order valence-electron chi connectivity index (χ4n) is 3.80. The molecule has 0 bridgehead atoms. The van der Waals surface area contributed by atoms with Gasteiger partial charge in [0.25, 0.3) is 0 Å². The van der Waals surface area contributed by atoms with E-state index in [2.05, 4.69) is 38.9 Å². The van der Waals surface area contributed by atoms with Crippen LogP contribution in [0.1, 0.15) is 18.4 Å². The Kier molecular flexibility index (Phi) is 5.16. The van der Waals surface area contributed by atoms with Gasteiger partial charge in [0.1, 0.15) is 5.82 Å². The van der Waals surface area contributed by atoms with E-state index in [0.29, 0.717) is 11.7 Å². The van der Waals surface area contributed by atoms with Crippen LogP contribution in [0.4, 0.5) is 10.1 Å². The highest BCUT2D eigenvalue weighted by Gasteiger charge is 2.23. The molecule has 3 heterocycles. The van der Waals surface area contributed by atoms with Crippen molar-refractivity contribution in [3.05, 3.63) is 72.8 Å². The van der Waals surface area contributed by atoms with Gasteiger partial charge in [0, 0.05) is 56.2 Å². The van der Waals surface area contributed by atoms with Crippen LogP contribution >= 0.6 is 0 Å². The van der Waals surface area contributed by atoms with Crippen LogP contribution in [0, 0.1) is 5.82 Å². The first-order valence-corrected chi connectivity index (χ1v) is 9.32. The average molecular weight is 365 g/mol. The fraction of sp³-hybridized carbons (Fsp3) is 0.333. The Morgan fingerprint density at radius 1 is 1.07 bits per heavy atom. The second-order valence-electron chi connectivity index (χ2n) is 7.09. The second kappa shape index (κ2) is 7.88. The minimum absolute atomic E-state index is 0.216. The molecule has 1 aliphatic rings. The van der Waals surface area contributed by atoms with E-state index in [-0.39, 0.29) is 5.82 Å². The van der Waals surface area contributed by atoms with Crippen LogP contribution in [-0.4, -0.2) is 45.6 Å². The number of pyridine rings is 1. The fourth-order valence-corrected chi connectivity index (χ4v) is 3.80. The van der Waals surface area contributed by atoms with Crippen LogP contribution in [0.3, 0.4) is 0 Å². The number of hydrogen-bond acceptors (Lipinski definition) is 4. The molecule has 4 rings (SSSR count). The van der Waals surface area contributed by atoms with E-state index in [4.69, 9.17) is 0 Å². The van der Waals surface area contributed by atoms with Crippen LogP contribution in [-0.2, 0) is 6.54 Å². The molecule has 0 aliphatic carbocycles. The van der Waals surface area contributed by atoms with E-state index in [0.717, 1.165) is 38.0 Å². The summed E-state index contributed by atoms with van der Waals surface area (Å²) in [6, 6.07) is 10.1. The molecule has 1 saturated heterocycles. The maximum Gasteiger partial charge on any atom is 0.147 e. The average Bonchev–Trinajstić information content (AvgIpc) is 3.23. The van der Waals surface area contributed by atoms with Crippen molar-refractivity contribution in [2.45, 2.75) is 25.4 Å². The van der Waals surface area contributed by atoms with E-state index >= 15 is 0 Å². The number of anilines is 1. The van der Waals surface area contributed by atoms with Crippen molar-refractivity contribution >= 4 is 5.69 Å². The Morgan fingerprint density at radius 3 is 2.52 bits per heavy atom. The number of nitrogens with zero attached hydrogens (tertiary/aromatic N) is 5. The molecule has 0 amide bonds. The molecule has 140 valence electrons. The van der Waals surface area contributed by atoms with E-state index in [1.54, 1.807) is 29.4 Å². The van der Waals surface area contributed by atoms with Crippen LogP contribution in [0.5, 0.6) is 0 Å². The Balaban J connectivity index is 1.36. The highest BCUT2D eigenvalue weighted by molar-refractivity contribution is 5.45. The SMILES string of the molecule is CN(Cc1ccc(-n2ccnc2)c(F)c1)C1CCN(c2ccncc2)CC1. The topological polar surface area (TPSA) is 37.2 Å². The Labute approximate surface area is 159 Å². The molecule has 27 heavy (non-hydrogen) atoms. The smallest absolute Gasteiger partial charge is 0.147 e. The lowest BCUT2D eigenvalue weighted by Gasteiger charge is -2.38. The van der Waals surface area contributed by atoms with Gasteiger partial charge in [0.05, 0.1) is 12.0 Å². The molecular weight excluding hydrogens is 341 g/mol. The first-order chi connectivity index (χ1) is 13.2. The summed E-state index contributed by atoms with van der Waals surface area (Å²) in [5.41, 5.74) is 2.77. The summed E-state index contributed by atoms with van der Waals surface area (Å²) in [5, 5.41) is 0. The second-order valence-corrected chi connectivity index (χ2v) is 7.09. The molecule has 0 spiro atoms. The van der Waals surface area contributed by atoms with Crippen LogP contribution < -0.4 is 4.90 Å². The van der Waals surface area contributed by atoms with Gasteiger partial charge >= 0.3 is 0 Å². The van der Waals surface area contributed by atoms with E-state index in [9.17, 15) is 4.39 Å². The molecule has 0 unspecified atom stereocenters. The predicted octanol–water partition coefficient (Wildman–Crippen LogP) is 3.51. The molecule has 5 nitrogen and oxygen atoms in total. The maximum atomic E-state index is 14.5. The molecule has 0 saturated carbocycles. The molecular formula is C21H24FN5. The number of benzene rings is 1. The van der Waals surface area contributed by atoms with Crippen LogP contribution in [0.25, 0.3) is 5.69 Å². The lowest BCUT2D eigenvalue weighted by molar-refractivity contribution is 0.200. The van der Waals surface area contributed by atoms with Gasteiger partial charge in [-0.2, -0.15) is 0 Å². The quantitative estimate of drug-likeness (QED) is 0.693.